The third-order valence-electron chi connectivity index (χ3n) is 4.83. The van der Waals surface area contributed by atoms with E-state index in [-0.39, 0.29) is 10.9 Å². The lowest BCUT2D eigenvalue weighted by atomic mass is 10.2. The molecule has 27 heavy (non-hydrogen) atoms. The summed E-state index contributed by atoms with van der Waals surface area (Å²) in [6, 6.07) is 8.88. The van der Waals surface area contributed by atoms with Crippen molar-refractivity contribution in [1.82, 2.24) is 18.8 Å². The van der Waals surface area contributed by atoms with Crippen LogP contribution in [0.1, 0.15) is 18.2 Å². The molecule has 1 aromatic carbocycles. The largest absolute Gasteiger partial charge is 0.324 e. The molecule has 0 N–H and O–H groups in total. The van der Waals surface area contributed by atoms with Crippen molar-refractivity contribution in [2.45, 2.75) is 24.3 Å². The summed E-state index contributed by atoms with van der Waals surface area (Å²) in [5, 5.41) is 0. The monoisotopic (exact) mass is 386 g/mol. The number of nitrogens with zero attached hydrogens (tertiary/aromatic N) is 4. The molecule has 2 aromatic heterocycles. The summed E-state index contributed by atoms with van der Waals surface area (Å²) in [4.78, 5) is 8.62. The Bertz CT molecular complexity index is 1070. The fourth-order valence-corrected chi connectivity index (χ4v) is 5.06. The maximum atomic E-state index is 13.5. The minimum absolute atomic E-state index is 0.0158. The number of pyridine rings is 1. The summed E-state index contributed by atoms with van der Waals surface area (Å²) in [5.41, 5.74) is 1.85. The number of sulfonamides is 1. The topological polar surface area (TPSA) is 68.1 Å². The molecule has 3 heterocycles. The molecular weight excluding hydrogens is 367 g/mol. The molecular formula is C19H19FN4O2S. The van der Waals surface area contributed by atoms with Crippen molar-refractivity contribution in [2.75, 3.05) is 13.1 Å². The van der Waals surface area contributed by atoms with E-state index in [1.807, 2.05) is 19.1 Å². The Balaban J connectivity index is 1.64. The first-order chi connectivity index (χ1) is 13.0. The van der Waals surface area contributed by atoms with Crippen molar-refractivity contribution in [3.63, 3.8) is 0 Å². The first kappa shape index (κ1) is 17.8. The van der Waals surface area contributed by atoms with Gasteiger partial charge >= 0.3 is 0 Å². The van der Waals surface area contributed by atoms with Crippen molar-refractivity contribution in [2.24, 2.45) is 0 Å². The summed E-state index contributed by atoms with van der Waals surface area (Å²) >= 11 is 0. The summed E-state index contributed by atoms with van der Waals surface area (Å²) < 4.78 is 42.7. The van der Waals surface area contributed by atoms with Gasteiger partial charge in [-0.2, -0.15) is 4.31 Å². The molecule has 8 heteroatoms. The minimum atomic E-state index is -3.73. The molecule has 1 unspecified atom stereocenters. The third-order valence-corrected chi connectivity index (χ3v) is 6.69. The quantitative estimate of drug-likeness (QED) is 0.691. The van der Waals surface area contributed by atoms with Gasteiger partial charge in [-0.15, -0.1) is 0 Å². The third kappa shape index (κ3) is 3.26. The van der Waals surface area contributed by atoms with E-state index in [1.54, 1.807) is 18.6 Å². The molecule has 1 saturated heterocycles. The molecule has 0 saturated carbocycles. The van der Waals surface area contributed by atoms with E-state index >= 15 is 0 Å². The standard InChI is InChI=1S/C19H19FN4O2S/c1-14-11-22-19(15-4-3-8-21-12-15)24(14)17-7-9-23(13-17)27(25,26)18-6-2-5-16(20)10-18/h2-6,8,10-12,17H,7,9,13H2,1H3. The van der Waals surface area contributed by atoms with Crippen LogP contribution in [0.4, 0.5) is 4.39 Å². The van der Waals surface area contributed by atoms with Gasteiger partial charge in [-0.1, -0.05) is 6.07 Å². The lowest BCUT2D eigenvalue weighted by Crippen LogP contribution is -2.29. The molecule has 6 nitrogen and oxygen atoms in total. The van der Waals surface area contributed by atoms with E-state index in [0.717, 1.165) is 23.1 Å². The normalized spacial score (nSPS) is 18.1. The highest BCUT2D eigenvalue weighted by Crippen LogP contribution is 2.32. The Hall–Kier alpha value is -2.58. The highest BCUT2D eigenvalue weighted by Gasteiger charge is 2.34. The van der Waals surface area contributed by atoms with Crippen LogP contribution in [0.3, 0.4) is 0 Å². The Morgan fingerprint density at radius 1 is 1.19 bits per heavy atom. The molecule has 0 spiro atoms. The number of halogens is 1. The van der Waals surface area contributed by atoms with Crippen molar-refractivity contribution >= 4 is 10.0 Å². The molecule has 140 valence electrons. The average Bonchev–Trinajstić information content (AvgIpc) is 3.29. The molecule has 1 aliphatic heterocycles. The van der Waals surface area contributed by atoms with Crippen LogP contribution >= 0.6 is 0 Å². The van der Waals surface area contributed by atoms with Gasteiger partial charge in [0.05, 0.1) is 10.9 Å². The number of hydrogen-bond acceptors (Lipinski definition) is 4. The number of rotatable bonds is 4. The van der Waals surface area contributed by atoms with E-state index in [2.05, 4.69) is 14.5 Å². The maximum Gasteiger partial charge on any atom is 0.243 e. The van der Waals surface area contributed by atoms with Crippen molar-refractivity contribution in [3.05, 3.63) is 66.5 Å². The van der Waals surface area contributed by atoms with E-state index in [1.165, 1.54) is 22.5 Å². The van der Waals surface area contributed by atoms with Crippen LogP contribution in [-0.4, -0.2) is 40.3 Å². The van der Waals surface area contributed by atoms with Gasteiger partial charge in [-0.25, -0.2) is 17.8 Å². The van der Waals surface area contributed by atoms with Crippen LogP contribution in [0.15, 0.2) is 59.9 Å². The maximum absolute atomic E-state index is 13.5. The van der Waals surface area contributed by atoms with Gasteiger partial charge in [0.15, 0.2) is 0 Å². The predicted molar refractivity (Wildman–Crippen MR) is 99.0 cm³/mol. The predicted octanol–water partition coefficient (Wildman–Crippen LogP) is 3.03. The molecule has 4 rings (SSSR count). The van der Waals surface area contributed by atoms with E-state index < -0.39 is 15.8 Å². The van der Waals surface area contributed by atoms with Crippen LogP contribution in [0.25, 0.3) is 11.4 Å². The fourth-order valence-electron chi connectivity index (χ4n) is 3.53. The molecule has 1 aliphatic rings. The van der Waals surface area contributed by atoms with Crippen LogP contribution in [0, 0.1) is 12.7 Å². The number of benzene rings is 1. The molecule has 0 radical (unpaired) electrons. The summed E-state index contributed by atoms with van der Waals surface area (Å²) in [6.07, 6.45) is 5.89. The van der Waals surface area contributed by atoms with Crippen molar-refractivity contribution in [1.29, 1.82) is 0 Å². The van der Waals surface area contributed by atoms with Crippen molar-refractivity contribution in [3.8, 4) is 11.4 Å². The Morgan fingerprint density at radius 2 is 2.04 bits per heavy atom. The first-order valence-corrected chi connectivity index (χ1v) is 10.1. The van der Waals surface area contributed by atoms with E-state index in [4.69, 9.17) is 0 Å². The fraction of sp³-hybridized carbons (Fsp3) is 0.263. The Morgan fingerprint density at radius 3 is 2.78 bits per heavy atom. The molecule has 1 atom stereocenters. The number of aromatic nitrogens is 3. The number of imidazole rings is 1. The van der Waals surface area contributed by atoms with Crippen LogP contribution in [0.2, 0.25) is 0 Å². The molecule has 1 fully saturated rings. The smallest absolute Gasteiger partial charge is 0.243 e. The molecule has 0 bridgehead atoms. The van der Waals surface area contributed by atoms with E-state index in [0.29, 0.717) is 19.5 Å². The zero-order valence-corrected chi connectivity index (χ0v) is 15.6. The van der Waals surface area contributed by atoms with Crippen LogP contribution in [-0.2, 0) is 10.0 Å². The highest BCUT2D eigenvalue weighted by atomic mass is 32.2. The van der Waals surface area contributed by atoms with Gasteiger partial charge in [-0.3, -0.25) is 4.98 Å². The van der Waals surface area contributed by atoms with Gasteiger partial charge in [0.2, 0.25) is 10.0 Å². The second-order valence-electron chi connectivity index (χ2n) is 6.60. The highest BCUT2D eigenvalue weighted by molar-refractivity contribution is 7.89. The Labute approximate surface area is 157 Å². The summed E-state index contributed by atoms with van der Waals surface area (Å²) in [7, 11) is -3.73. The molecule has 0 aliphatic carbocycles. The zero-order valence-electron chi connectivity index (χ0n) is 14.8. The van der Waals surface area contributed by atoms with Gasteiger partial charge < -0.3 is 4.57 Å². The lowest BCUT2D eigenvalue weighted by Gasteiger charge is -2.19. The number of aryl methyl sites for hydroxylation is 1. The van der Waals surface area contributed by atoms with Crippen molar-refractivity contribution < 1.29 is 12.8 Å². The zero-order chi connectivity index (χ0) is 19.0. The second kappa shape index (κ2) is 6.86. The summed E-state index contributed by atoms with van der Waals surface area (Å²) in [5.74, 6) is 0.215. The minimum Gasteiger partial charge on any atom is -0.324 e. The molecule has 0 amide bonds. The Kier molecular flexibility index (Phi) is 4.53. The lowest BCUT2D eigenvalue weighted by molar-refractivity contribution is 0.450. The van der Waals surface area contributed by atoms with Crippen LogP contribution in [0.5, 0.6) is 0 Å². The van der Waals surface area contributed by atoms with Gasteiger partial charge in [0.1, 0.15) is 11.6 Å². The van der Waals surface area contributed by atoms with Gasteiger partial charge in [0.25, 0.3) is 0 Å². The number of hydrogen-bond donors (Lipinski definition) is 0. The van der Waals surface area contributed by atoms with Crippen LogP contribution < -0.4 is 0 Å². The molecule has 3 aromatic rings. The first-order valence-electron chi connectivity index (χ1n) is 8.67. The SMILES string of the molecule is Cc1cnc(-c2cccnc2)n1C1CCN(S(=O)(=O)c2cccc(F)c2)C1. The second-order valence-corrected chi connectivity index (χ2v) is 8.54. The summed E-state index contributed by atoms with van der Waals surface area (Å²) in [6.45, 7) is 2.66. The van der Waals surface area contributed by atoms with Gasteiger partial charge in [0, 0.05) is 42.9 Å². The average molecular weight is 386 g/mol. The van der Waals surface area contributed by atoms with E-state index in [9.17, 15) is 12.8 Å². The van der Waals surface area contributed by atoms with Gasteiger partial charge in [-0.05, 0) is 43.7 Å².